The van der Waals surface area contributed by atoms with E-state index in [4.69, 9.17) is 11.6 Å². The molecule has 1 aromatic carbocycles. The summed E-state index contributed by atoms with van der Waals surface area (Å²) in [6, 6.07) is 7.46. The first-order valence-corrected chi connectivity index (χ1v) is 9.08. The lowest BCUT2D eigenvalue weighted by molar-refractivity contribution is -0.151. The number of amides is 2. The number of halogens is 1. The van der Waals surface area contributed by atoms with Gasteiger partial charge in [-0.1, -0.05) is 44.4 Å². The van der Waals surface area contributed by atoms with Crippen LogP contribution in [0.1, 0.15) is 39.5 Å². The smallest absolute Gasteiger partial charge is 0.246 e. The minimum atomic E-state index is -0.994. The molecule has 3 rings (SSSR count). The number of guanidine groups is 1. The van der Waals surface area contributed by atoms with Gasteiger partial charge < -0.3 is 4.90 Å². The Labute approximate surface area is 152 Å². The molecule has 2 aliphatic rings. The van der Waals surface area contributed by atoms with Crippen LogP contribution in [-0.2, 0) is 9.59 Å². The van der Waals surface area contributed by atoms with Crippen molar-refractivity contribution < 1.29 is 9.59 Å². The van der Waals surface area contributed by atoms with Crippen LogP contribution in [0.15, 0.2) is 29.3 Å². The Morgan fingerprint density at radius 3 is 2.80 bits per heavy atom. The van der Waals surface area contributed by atoms with Crippen molar-refractivity contribution in [2.45, 2.75) is 39.5 Å². The fourth-order valence-electron chi connectivity index (χ4n) is 3.39. The van der Waals surface area contributed by atoms with Gasteiger partial charge in [0.05, 0.1) is 0 Å². The number of rotatable bonds is 5. The number of aliphatic imine (C=N–C) groups is 1. The average Bonchev–Trinajstić information content (AvgIpc) is 2.62. The molecule has 0 aromatic heterocycles. The van der Waals surface area contributed by atoms with Gasteiger partial charge in [-0.3, -0.25) is 19.8 Å². The summed E-state index contributed by atoms with van der Waals surface area (Å²) in [6.07, 6.45) is 2.83. The number of benzene rings is 1. The Balaban J connectivity index is 1.89. The molecule has 7 heteroatoms. The Hall–Kier alpha value is -2.08. The molecule has 1 saturated heterocycles. The van der Waals surface area contributed by atoms with E-state index in [1.807, 2.05) is 36.1 Å². The van der Waals surface area contributed by atoms with Crippen molar-refractivity contribution in [3.63, 3.8) is 0 Å². The number of nitrogens with zero attached hydrogens (tertiary/aromatic N) is 3. The van der Waals surface area contributed by atoms with E-state index in [1.165, 1.54) is 0 Å². The first-order chi connectivity index (χ1) is 12.0. The number of carbonyl (C=O) groups is 2. The van der Waals surface area contributed by atoms with Crippen molar-refractivity contribution >= 4 is 35.1 Å². The molecule has 1 unspecified atom stereocenters. The molecule has 1 fully saturated rings. The summed E-state index contributed by atoms with van der Waals surface area (Å²) in [5.41, 5.74) is -0.0949. The van der Waals surface area contributed by atoms with Gasteiger partial charge in [0.1, 0.15) is 18.8 Å². The minimum absolute atomic E-state index is 0.155. The molecule has 134 valence electrons. The van der Waals surface area contributed by atoms with Crippen molar-refractivity contribution in [2.75, 3.05) is 18.2 Å². The van der Waals surface area contributed by atoms with Crippen LogP contribution < -0.4 is 10.2 Å². The largest absolute Gasteiger partial charge is 0.334 e. The molecule has 0 bridgehead atoms. The number of hydrogen-bond donors (Lipinski definition) is 1. The molecule has 0 aliphatic carbocycles. The molecule has 0 radical (unpaired) electrons. The standard InChI is InChI=1S/C18H23ClN4O2/c1-3-5-9-18(4-2)15(24)21-17-20-11-22(12-23(17)16(18)25)14-8-6-7-13(19)10-14/h6-8,10H,3-5,9,11-12H2,1-2H3,(H,20,21,24). The van der Waals surface area contributed by atoms with Crippen LogP contribution in [0.5, 0.6) is 0 Å². The monoisotopic (exact) mass is 362 g/mol. The van der Waals surface area contributed by atoms with E-state index in [2.05, 4.69) is 17.2 Å². The second-order valence-electron chi connectivity index (χ2n) is 6.51. The normalized spacial score (nSPS) is 23.2. The molecule has 6 nitrogen and oxygen atoms in total. The fraction of sp³-hybridized carbons (Fsp3) is 0.500. The van der Waals surface area contributed by atoms with Crippen LogP contribution in [0.25, 0.3) is 0 Å². The first kappa shape index (κ1) is 17.7. The van der Waals surface area contributed by atoms with Gasteiger partial charge in [0, 0.05) is 10.7 Å². The van der Waals surface area contributed by atoms with Gasteiger partial charge in [0.2, 0.25) is 17.8 Å². The lowest BCUT2D eigenvalue weighted by atomic mass is 9.76. The minimum Gasteiger partial charge on any atom is -0.334 e. The first-order valence-electron chi connectivity index (χ1n) is 8.70. The average molecular weight is 363 g/mol. The van der Waals surface area contributed by atoms with Crippen molar-refractivity contribution in [3.8, 4) is 0 Å². The van der Waals surface area contributed by atoms with Crippen LogP contribution in [0.3, 0.4) is 0 Å². The van der Waals surface area contributed by atoms with Crippen LogP contribution >= 0.6 is 11.6 Å². The SMILES string of the molecule is CCCCC1(CC)C(=O)NC2=NCN(c3cccc(Cl)c3)CN2C1=O. The van der Waals surface area contributed by atoms with Gasteiger partial charge >= 0.3 is 0 Å². The van der Waals surface area contributed by atoms with Gasteiger partial charge in [-0.25, -0.2) is 4.99 Å². The highest BCUT2D eigenvalue weighted by Gasteiger charge is 2.52. The highest BCUT2D eigenvalue weighted by atomic mass is 35.5. The van der Waals surface area contributed by atoms with E-state index >= 15 is 0 Å². The molecule has 1 aromatic rings. The molecule has 2 aliphatic heterocycles. The Bertz CT molecular complexity index is 721. The third kappa shape index (κ3) is 3.11. The quantitative estimate of drug-likeness (QED) is 0.819. The number of anilines is 1. The van der Waals surface area contributed by atoms with Gasteiger partial charge in [0.15, 0.2) is 0 Å². The summed E-state index contributed by atoms with van der Waals surface area (Å²) < 4.78 is 0. The molecule has 25 heavy (non-hydrogen) atoms. The molecule has 2 amide bonds. The lowest BCUT2D eigenvalue weighted by Crippen LogP contribution is -2.67. The summed E-state index contributed by atoms with van der Waals surface area (Å²) in [7, 11) is 0. The van der Waals surface area contributed by atoms with Crippen LogP contribution in [0.2, 0.25) is 5.02 Å². The van der Waals surface area contributed by atoms with E-state index in [9.17, 15) is 9.59 Å². The number of hydrogen-bond acceptors (Lipinski definition) is 4. The maximum atomic E-state index is 13.2. The maximum absolute atomic E-state index is 13.2. The predicted molar refractivity (Wildman–Crippen MR) is 98.3 cm³/mol. The third-order valence-electron chi connectivity index (χ3n) is 5.01. The van der Waals surface area contributed by atoms with Crippen molar-refractivity contribution in [3.05, 3.63) is 29.3 Å². The molecule has 0 spiro atoms. The van der Waals surface area contributed by atoms with Gasteiger partial charge in [-0.05, 0) is 31.0 Å². The van der Waals surface area contributed by atoms with Crippen molar-refractivity contribution in [1.29, 1.82) is 0 Å². The highest BCUT2D eigenvalue weighted by molar-refractivity contribution is 6.30. The fourth-order valence-corrected chi connectivity index (χ4v) is 3.57. The summed E-state index contributed by atoms with van der Waals surface area (Å²) >= 11 is 6.07. The number of unbranched alkanes of at least 4 members (excludes halogenated alkanes) is 1. The Morgan fingerprint density at radius 2 is 2.12 bits per heavy atom. The van der Waals surface area contributed by atoms with E-state index in [0.717, 1.165) is 18.5 Å². The lowest BCUT2D eigenvalue weighted by Gasteiger charge is -2.44. The second-order valence-corrected chi connectivity index (χ2v) is 6.95. The van der Waals surface area contributed by atoms with Crippen LogP contribution in [0, 0.1) is 5.41 Å². The van der Waals surface area contributed by atoms with E-state index in [0.29, 0.717) is 37.2 Å². The summed E-state index contributed by atoms with van der Waals surface area (Å²) in [5, 5.41) is 3.48. The van der Waals surface area contributed by atoms with Crippen LogP contribution in [0.4, 0.5) is 5.69 Å². The summed E-state index contributed by atoms with van der Waals surface area (Å²) in [5.74, 6) is -0.0221. The van der Waals surface area contributed by atoms with Gasteiger partial charge in [-0.15, -0.1) is 0 Å². The summed E-state index contributed by atoms with van der Waals surface area (Å²) in [6.45, 7) is 4.68. The second kappa shape index (κ2) is 7.04. The zero-order valence-corrected chi connectivity index (χ0v) is 15.3. The number of fused-ring (bicyclic) bond motifs is 1. The Kier molecular flexibility index (Phi) is 4.99. The molecule has 2 heterocycles. The Morgan fingerprint density at radius 1 is 1.32 bits per heavy atom. The third-order valence-corrected chi connectivity index (χ3v) is 5.24. The molecule has 1 atom stereocenters. The van der Waals surface area contributed by atoms with Crippen LogP contribution in [-0.4, -0.2) is 36.0 Å². The van der Waals surface area contributed by atoms with E-state index in [1.54, 1.807) is 4.90 Å². The molecular weight excluding hydrogens is 340 g/mol. The topological polar surface area (TPSA) is 65.0 Å². The maximum Gasteiger partial charge on any atom is 0.246 e. The molecule has 0 saturated carbocycles. The molecule has 1 N–H and O–H groups in total. The zero-order valence-electron chi connectivity index (χ0n) is 14.6. The predicted octanol–water partition coefficient (Wildman–Crippen LogP) is 2.98. The van der Waals surface area contributed by atoms with Crippen molar-refractivity contribution in [1.82, 2.24) is 10.2 Å². The number of carbonyl (C=O) groups excluding carboxylic acids is 2. The molecular formula is C18H23ClN4O2. The van der Waals surface area contributed by atoms with E-state index in [-0.39, 0.29) is 11.8 Å². The summed E-state index contributed by atoms with van der Waals surface area (Å²) in [4.78, 5) is 33.8. The van der Waals surface area contributed by atoms with Gasteiger partial charge in [-0.2, -0.15) is 0 Å². The zero-order chi connectivity index (χ0) is 18.0. The van der Waals surface area contributed by atoms with Gasteiger partial charge in [0.25, 0.3) is 0 Å². The highest BCUT2D eigenvalue weighted by Crippen LogP contribution is 2.35. The number of nitrogens with one attached hydrogen (secondary N) is 1. The van der Waals surface area contributed by atoms with E-state index < -0.39 is 5.41 Å². The van der Waals surface area contributed by atoms with Crippen molar-refractivity contribution in [2.24, 2.45) is 10.4 Å².